The van der Waals surface area contributed by atoms with E-state index in [1.807, 2.05) is 0 Å². The lowest BCUT2D eigenvalue weighted by Crippen LogP contribution is -2.26. The molecule has 0 aromatic carbocycles. The Morgan fingerprint density at radius 1 is 1.22 bits per heavy atom. The number of halogens is 2. The fraction of sp³-hybridized carbons (Fsp3) is 0.455. The van der Waals surface area contributed by atoms with Gasteiger partial charge >= 0.3 is 0 Å². The van der Waals surface area contributed by atoms with Crippen molar-refractivity contribution < 1.29 is 13.6 Å². The van der Waals surface area contributed by atoms with Gasteiger partial charge in [-0.3, -0.25) is 4.79 Å². The zero-order valence-corrected chi connectivity index (χ0v) is 10.3. The van der Waals surface area contributed by atoms with Crippen LogP contribution in [0, 0.1) is 11.6 Å². The van der Waals surface area contributed by atoms with Crippen molar-refractivity contribution >= 4 is 17.5 Å². The zero-order chi connectivity index (χ0) is 13.5. The molecule has 18 heavy (non-hydrogen) atoms. The number of nitrogens with one attached hydrogen (secondary N) is 3. The molecule has 0 saturated heterocycles. The van der Waals surface area contributed by atoms with Crippen LogP contribution in [-0.4, -0.2) is 30.5 Å². The first-order valence-corrected chi connectivity index (χ1v) is 5.62. The molecule has 7 heteroatoms. The van der Waals surface area contributed by atoms with Crippen LogP contribution in [0.1, 0.15) is 13.8 Å². The van der Waals surface area contributed by atoms with E-state index in [1.54, 1.807) is 6.92 Å². The van der Waals surface area contributed by atoms with Crippen LogP contribution in [0.15, 0.2) is 6.07 Å². The molecule has 1 amide bonds. The van der Waals surface area contributed by atoms with Gasteiger partial charge in [0.05, 0.1) is 0 Å². The molecular formula is C11H16F2N4O. The minimum Gasteiger partial charge on any atom is -0.368 e. The van der Waals surface area contributed by atoms with Gasteiger partial charge in [0.15, 0.2) is 23.3 Å². The number of carbonyl (C=O) groups is 1. The summed E-state index contributed by atoms with van der Waals surface area (Å²) in [5.74, 6) is -1.71. The molecular weight excluding hydrogens is 242 g/mol. The lowest BCUT2D eigenvalue weighted by Gasteiger charge is -2.10. The van der Waals surface area contributed by atoms with E-state index >= 15 is 0 Å². The van der Waals surface area contributed by atoms with Gasteiger partial charge in [-0.05, 0) is 6.92 Å². The van der Waals surface area contributed by atoms with E-state index in [-0.39, 0.29) is 17.5 Å². The lowest BCUT2D eigenvalue weighted by molar-refractivity contribution is -0.118. The van der Waals surface area contributed by atoms with Crippen molar-refractivity contribution in [2.45, 2.75) is 13.8 Å². The Morgan fingerprint density at radius 3 is 2.39 bits per heavy atom. The Balaban J connectivity index is 2.64. The molecule has 1 aromatic rings. The normalized spacial score (nSPS) is 10.0. The summed E-state index contributed by atoms with van der Waals surface area (Å²) in [6.45, 7) is 4.31. The predicted octanol–water partition coefficient (Wildman–Crippen LogP) is 1.34. The second-order valence-corrected chi connectivity index (χ2v) is 3.59. The Bertz CT molecular complexity index is 426. The van der Waals surface area contributed by atoms with Crippen molar-refractivity contribution in [2.75, 3.05) is 30.3 Å². The molecule has 0 saturated carbocycles. The van der Waals surface area contributed by atoms with E-state index in [1.165, 1.54) is 6.92 Å². The Labute approximate surface area is 104 Å². The third-order valence-electron chi connectivity index (χ3n) is 2.07. The van der Waals surface area contributed by atoms with E-state index in [2.05, 4.69) is 20.9 Å². The van der Waals surface area contributed by atoms with Crippen LogP contribution in [0.25, 0.3) is 0 Å². The first-order valence-electron chi connectivity index (χ1n) is 5.62. The molecule has 0 atom stereocenters. The van der Waals surface area contributed by atoms with Crippen LogP contribution in [-0.2, 0) is 4.79 Å². The SMILES string of the molecule is CCNc1nc(NCCNC(C)=O)c(F)cc1F. The fourth-order valence-electron chi connectivity index (χ4n) is 1.30. The van der Waals surface area contributed by atoms with Crippen LogP contribution in [0.4, 0.5) is 20.4 Å². The summed E-state index contributed by atoms with van der Waals surface area (Å²) < 4.78 is 26.6. The number of hydrogen-bond donors (Lipinski definition) is 3. The van der Waals surface area contributed by atoms with Crippen molar-refractivity contribution in [3.8, 4) is 0 Å². The van der Waals surface area contributed by atoms with Gasteiger partial charge in [-0.15, -0.1) is 0 Å². The average molecular weight is 258 g/mol. The maximum atomic E-state index is 13.4. The summed E-state index contributed by atoms with van der Waals surface area (Å²) >= 11 is 0. The molecule has 0 aliphatic heterocycles. The number of carbonyl (C=O) groups excluding carboxylic acids is 1. The zero-order valence-electron chi connectivity index (χ0n) is 10.3. The Hall–Kier alpha value is -1.92. The number of anilines is 2. The number of nitrogens with zero attached hydrogens (tertiary/aromatic N) is 1. The highest BCUT2D eigenvalue weighted by molar-refractivity contribution is 5.72. The van der Waals surface area contributed by atoms with Gasteiger partial charge in [0.25, 0.3) is 0 Å². The van der Waals surface area contributed by atoms with E-state index in [9.17, 15) is 13.6 Å². The summed E-state index contributed by atoms with van der Waals surface area (Å²) in [4.78, 5) is 14.4. The van der Waals surface area contributed by atoms with E-state index in [0.717, 1.165) is 6.07 Å². The molecule has 0 bridgehead atoms. The van der Waals surface area contributed by atoms with Crippen LogP contribution in [0.3, 0.4) is 0 Å². The van der Waals surface area contributed by atoms with E-state index < -0.39 is 11.6 Å². The summed E-state index contributed by atoms with van der Waals surface area (Å²) in [6, 6.07) is 0.770. The molecule has 5 nitrogen and oxygen atoms in total. The Morgan fingerprint density at radius 2 is 1.83 bits per heavy atom. The third kappa shape index (κ3) is 4.15. The fourth-order valence-corrected chi connectivity index (χ4v) is 1.30. The lowest BCUT2D eigenvalue weighted by atomic mass is 10.4. The number of hydrogen-bond acceptors (Lipinski definition) is 4. The molecule has 0 fully saturated rings. The van der Waals surface area contributed by atoms with Crippen molar-refractivity contribution in [3.05, 3.63) is 17.7 Å². The van der Waals surface area contributed by atoms with Gasteiger partial charge in [0.2, 0.25) is 5.91 Å². The minimum absolute atomic E-state index is 0.000858. The average Bonchev–Trinajstić information content (AvgIpc) is 2.29. The molecule has 0 spiro atoms. The monoisotopic (exact) mass is 258 g/mol. The highest BCUT2D eigenvalue weighted by Gasteiger charge is 2.10. The van der Waals surface area contributed by atoms with Gasteiger partial charge in [-0.1, -0.05) is 0 Å². The van der Waals surface area contributed by atoms with Gasteiger partial charge in [-0.25, -0.2) is 13.8 Å². The maximum Gasteiger partial charge on any atom is 0.216 e. The maximum absolute atomic E-state index is 13.4. The smallest absolute Gasteiger partial charge is 0.216 e. The van der Waals surface area contributed by atoms with Gasteiger partial charge < -0.3 is 16.0 Å². The Kier molecular flexibility index (Phi) is 5.29. The first-order chi connectivity index (χ1) is 8.54. The van der Waals surface area contributed by atoms with E-state index in [0.29, 0.717) is 19.6 Å². The standard InChI is InChI=1S/C11H16F2N4O/c1-3-14-10-8(12)6-9(13)11(17-10)16-5-4-15-7(2)18/h6H,3-5H2,1-2H3,(H,15,18)(H2,14,16,17). The van der Waals surface area contributed by atoms with Crippen molar-refractivity contribution in [1.29, 1.82) is 0 Å². The largest absolute Gasteiger partial charge is 0.368 e. The topological polar surface area (TPSA) is 66.1 Å². The van der Waals surface area contributed by atoms with Gasteiger partial charge in [-0.2, -0.15) is 0 Å². The number of rotatable bonds is 6. The summed E-state index contributed by atoms with van der Waals surface area (Å²) in [6.07, 6.45) is 0. The van der Waals surface area contributed by atoms with Crippen LogP contribution >= 0.6 is 0 Å². The molecule has 3 N–H and O–H groups in total. The number of pyridine rings is 1. The minimum atomic E-state index is -0.767. The summed E-state index contributed by atoms with van der Waals surface area (Å²) in [7, 11) is 0. The van der Waals surface area contributed by atoms with E-state index in [4.69, 9.17) is 0 Å². The second-order valence-electron chi connectivity index (χ2n) is 3.59. The predicted molar refractivity (Wildman–Crippen MR) is 65.5 cm³/mol. The molecule has 0 radical (unpaired) electrons. The first kappa shape index (κ1) is 14.1. The quantitative estimate of drug-likeness (QED) is 0.674. The second kappa shape index (κ2) is 6.73. The molecule has 1 rings (SSSR count). The van der Waals surface area contributed by atoms with Gasteiger partial charge in [0.1, 0.15) is 0 Å². The molecule has 0 unspecified atom stereocenters. The molecule has 100 valence electrons. The summed E-state index contributed by atoms with van der Waals surface area (Å²) in [5.41, 5.74) is 0. The van der Waals surface area contributed by atoms with Crippen molar-refractivity contribution in [1.82, 2.24) is 10.3 Å². The van der Waals surface area contributed by atoms with Crippen LogP contribution < -0.4 is 16.0 Å². The number of aromatic nitrogens is 1. The highest BCUT2D eigenvalue weighted by atomic mass is 19.1. The number of amides is 1. The summed E-state index contributed by atoms with van der Waals surface area (Å²) in [5, 5.41) is 7.92. The third-order valence-corrected chi connectivity index (χ3v) is 2.07. The molecule has 1 aromatic heterocycles. The molecule has 1 heterocycles. The molecule has 0 aliphatic rings. The van der Waals surface area contributed by atoms with Gasteiger partial charge in [0, 0.05) is 32.6 Å². The van der Waals surface area contributed by atoms with Crippen LogP contribution in [0.5, 0.6) is 0 Å². The van der Waals surface area contributed by atoms with Crippen LogP contribution in [0.2, 0.25) is 0 Å². The highest BCUT2D eigenvalue weighted by Crippen LogP contribution is 2.18. The van der Waals surface area contributed by atoms with Crippen molar-refractivity contribution in [3.63, 3.8) is 0 Å². The van der Waals surface area contributed by atoms with Crippen molar-refractivity contribution in [2.24, 2.45) is 0 Å². The molecule has 0 aliphatic carbocycles.